The van der Waals surface area contributed by atoms with E-state index in [9.17, 15) is 4.79 Å². The Hall–Kier alpha value is -2.79. The van der Waals surface area contributed by atoms with Gasteiger partial charge in [-0.05, 0) is 50.6 Å². The zero-order chi connectivity index (χ0) is 19.4. The first-order valence-corrected chi connectivity index (χ1v) is 9.32. The van der Waals surface area contributed by atoms with Gasteiger partial charge in [0, 0.05) is 18.3 Å². The maximum Gasteiger partial charge on any atom is 0.273 e. The summed E-state index contributed by atoms with van der Waals surface area (Å²) in [7, 11) is 0. The molecule has 27 heavy (non-hydrogen) atoms. The molecule has 2 N–H and O–H groups in total. The lowest BCUT2D eigenvalue weighted by molar-refractivity contribution is 0.101. The van der Waals surface area contributed by atoms with Crippen LogP contribution in [0.3, 0.4) is 0 Å². The highest BCUT2D eigenvalue weighted by Crippen LogP contribution is 2.29. The van der Waals surface area contributed by atoms with E-state index >= 15 is 0 Å². The van der Waals surface area contributed by atoms with Crippen LogP contribution in [0.4, 0.5) is 11.4 Å². The summed E-state index contributed by atoms with van der Waals surface area (Å²) in [4.78, 5) is 12.5. The molecule has 1 unspecified atom stereocenters. The van der Waals surface area contributed by atoms with Crippen molar-refractivity contribution in [2.24, 2.45) is 0 Å². The third-order valence-electron chi connectivity index (χ3n) is 4.33. The van der Waals surface area contributed by atoms with Gasteiger partial charge in [0.05, 0.1) is 16.4 Å². The standard InChI is InChI=1S/C21H23ClN4O/c1-4-26-20(12-14(2)25-26)21(27)24-17-10-11-19(18(22)13-17)23-15(3)16-8-6-5-7-9-16/h5-13,15,23H,4H2,1-3H3,(H,24,27). The first-order valence-electron chi connectivity index (χ1n) is 8.94. The zero-order valence-corrected chi connectivity index (χ0v) is 16.4. The molecule has 1 amide bonds. The summed E-state index contributed by atoms with van der Waals surface area (Å²) in [5.74, 6) is -0.202. The minimum Gasteiger partial charge on any atom is -0.377 e. The molecular formula is C21H23ClN4O. The maximum absolute atomic E-state index is 12.5. The van der Waals surface area contributed by atoms with Gasteiger partial charge in [-0.1, -0.05) is 41.9 Å². The first kappa shape index (κ1) is 19.0. The molecule has 0 saturated carbocycles. The molecule has 0 saturated heterocycles. The molecule has 0 aliphatic heterocycles. The molecule has 1 atom stereocenters. The van der Waals surface area contributed by atoms with Crippen LogP contribution in [-0.2, 0) is 6.54 Å². The van der Waals surface area contributed by atoms with Crippen LogP contribution in [0.2, 0.25) is 5.02 Å². The van der Waals surface area contributed by atoms with Gasteiger partial charge in [0.2, 0.25) is 0 Å². The fraction of sp³-hybridized carbons (Fsp3) is 0.238. The molecule has 0 radical (unpaired) electrons. The summed E-state index contributed by atoms with van der Waals surface area (Å²) in [5.41, 5.74) is 3.99. The highest BCUT2D eigenvalue weighted by molar-refractivity contribution is 6.33. The summed E-state index contributed by atoms with van der Waals surface area (Å²) in [6.07, 6.45) is 0. The van der Waals surface area contributed by atoms with Crippen molar-refractivity contribution in [1.82, 2.24) is 9.78 Å². The van der Waals surface area contributed by atoms with E-state index in [0.717, 1.165) is 11.4 Å². The van der Waals surface area contributed by atoms with E-state index in [4.69, 9.17) is 11.6 Å². The normalized spacial score (nSPS) is 11.9. The third-order valence-corrected chi connectivity index (χ3v) is 4.65. The van der Waals surface area contributed by atoms with Crippen molar-refractivity contribution in [1.29, 1.82) is 0 Å². The van der Waals surface area contributed by atoms with Gasteiger partial charge in [-0.25, -0.2) is 0 Å². The molecule has 140 valence electrons. The third kappa shape index (κ3) is 4.49. The molecule has 0 fully saturated rings. The lowest BCUT2D eigenvalue weighted by Crippen LogP contribution is -2.17. The Morgan fingerprint density at radius 1 is 1.19 bits per heavy atom. The van der Waals surface area contributed by atoms with Crippen molar-refractivity contribution in [2.45, 2.75) is 33.4 Å². The number of carbonyl (C=O) groups excluding carboxylic acids is 1. The van der Waals surface area contributed by atoms with Crippen LogP contribution in [-0.4, -0.2) is 15.7 Å². The summed E-state index contributed by atoms with van der Waals surface area (Å²) < 4.78 is 1.68. The van der Waals surface area contributed by atoms with E-state index in [2.05, 4.69) is 34.8 Å². The fourth-order valence-corrected chi connectivity index (χ4v) is 3.17. The van der Waals surface area contributed by atoms with E-state index in [1.807, 2.05) is 44.2 Å². The molecule has 0 bridgehead atoms. The number of benzene rings is 2. The molecule has 3 aromatic rings. The fourth-order valence-electron chi connectivity index (χ4n) is 2.93. The number of amides is 1. The molecular weight excluding hydrogens is 360 g/mol. The molecule has 6 heteroatoms. The average molecular weight is 383 g/mol. The first-order chi connectivity index (χ1) is 13.0. The lowest BCUT2D eigenvalue weighted by atomic mass is 10.1. The number of aryl methyl sites for hydroxylation is 2. The van der Waals surface area contributed by atoms with E-state index in [1.165, 1.54) is 5.56 Å². The Labute approximate surface area is 164 Å². The van der Waals surface area contributed by atoms with Crippen LogP contribution in [0, 0.1) is 6.92 Å². The van der Waals surface area contributed by atoms with Gasteiger partial charge in [0.15, 0.2) is 0 Å². The van der Waals surface area contributed by atoms with E-state index in [0.29, 0.717) is 22.9 Å². The van der Waals surface area contributed by atoms with Crippen molar-refractivity contribution in [3.63, 3.8) is 0 Å². The maximum atomic E-state index is 12.5. The second-order valence-electron chi connectivity index (χ2n) is 6.41. The summed E-state index contributed by atoms with van der Waals surface area (Å²) in [6, 6.07) is 17.5. The predicted molar refractivity (Wildman–Crippen MR) is 111 cm³/mol. The Morgan fingerprint density at radius 3 is 2.59 bits per heavy atom. The molecule has 3 rings (SSSR count). The Morgan fingerprint density at radius 2 is 1.93 bits per heavy atom. The number of aromatic nitrogens is 2. The van der Waals surface area contributed by atoms with E-state index < -0.39 is 0 Å². The second kappa shape index (κ2) is 8.27. The quantitative estimate of drug-likeness (QED) is 0.608. The molecule has 1 aromatic heterocycles. The van der Waals surface area contributed by atoms with Crippen molar-refractivity contribution in [3.05, 3.63) is 76.6 Å². The lowest BCUT2D eigenvalue weighted by Gasteiger charge is -2.17. The van der Waals surface area contributed by atoms with Crippen LogP contribution in [0.5, 0.6) is 0 Å². The minimum atomic E-state index is -0.202. The second-order valence-corrected chi connectivity index (χ2v) is 6.82. The molecule has 2 aromatic carbocycles. The Kier molecular flexibility index (Phi) is 5.81. The van der Waals surface area contributed by atoms with Gasteiger partial charge in [0.25, 0.3) is 5.91 Å². The average Bonchev–Trinajstić information content (AvgIpc) is 3.05. The largest absolute Gasteiger partial charge is 0.377 e. The predicted octanol–water partition coefficient (Wildman–Crippen LogP) is 5.29. The SMILES string of the molecule is CCn1nc(C)cc1C(=O)Nc1ccc(NC(C)c2ccccc2)c(Cl)c1. The van der Waals surface area contributed by atoms with Gasteiger partial charge in [-0.3, -0.25) is 9.48 Å². The smallest absolute Gasteiger partial charge is 0.273 e. The van der Waals surface area contributed by atoms with Gasteiger partial charge < -0.3 is 10.6 Å². The topological polar surface area (TPSA) is 59.0 Å². The van der Waals surface area contributed by atoms with Gasteiger partial charge >= 0.3 is 0 Å². The molecule has 0 aliphatic carbocycles. The van der Waals surface area contributed by atoms with Crippen LogP contribution in [0.25, 0.3) is 0 Å². The number of nitrogens with zero attached hydrogens (tertiary/aromatic N) is 2. The van der Waals surface area contributed by atoms with Gasteiger partial charge in [0.1, 0.15) is 5.69 Å². The number of rotatable bonds is 6. The Bertz CT molecular complexity index is 937. The van der Waals surface area contributed by atoms with Gasteiger partial charge in [-0.2, -0.15) is 5.10 Å². The number of hydrogen-bond donors (Lipinski definition) is 2. The molecule has 0 spiro atoms. The highest BCUT2D eigenvalue weighted by atomic mass is 35.5. The molecule has 1 heterocycles. The van der Waals surface area contributed by atoms with Crippen molar-refractivity contribution in [2.75, 3.05) is 10.6 Å². The molecule has 0 aliphatic rings. The number of carbonyl (C=O) groups is 1. The highest BCUT2D eigenvalue weighted by Gasteiger charge is 2.14. The van der Waals surface area contributed by atoms with Crippen LogP contribution >= 0.6 is 11.6 Å². The van der Waals surface area contributed by atoms with Crippen LogP contribution in [0.15, 0.2) is 54.6 Å². The van der Waals surface area contributed by atoms with Gasteiger partial charge in [-0.15, -0.1) is 0 Å². The van der Waals surface area contributed by atoms with Crippen molar-refractivity contribution in [3.8, 4) is 0 Å². The minimum absolute atomic E-state index is 0.117. The molecule has 5 nitrogen and oxygen atoms in total. The Balaban J connectivity index is 1.72. The number of halogens is 1. The summed E-state index contributed by atoms with van der Waals surface area (Å²) in [6.45, 7) is 6.54. The number of anilines is 2. The van der Waals surface area contributed by atoms with Crippen LogP contribution in [0.1, 0.15) is 41.6 Å². The van der Waals surface area contributed by atoms with E-state index in [1.54, 1.807) is 16.8 Å². The number of nitrogens with one attached hydrogen (secondary N) is 2. The van der Waals surface area contributed by atoms with E-state index in [-0.39, 0.29) is 11.9 Å². The summed E-state index contributed by atoms with van der Waals surface area (Å²) in [5, 5.41) is 11.1. The summed E-state index contributed by atoms with van der Waals surface area (Å²) >= 11 is 6.42. The monoisotopic (exact) mass is 382 g/mol. The van der Waals surface area contributed by atoms with Crippen LogP contribution < -0.4 is 10.6 Å². The number of hydrogen-bond acceptors (Lipinski definition) is 3. The van der Waals surface area contributed by atoms with Crippen molar-refractivity contribution >= 4 is 28.9 Å². The zero-order valence-electron chi connectivity index (χ0n) is 15.7. The van der Waals surface area contributed by atoms with Crippen molar-refractivity contribution < 1.29 is 4.79 Å².